The van der Waals surface area contributed by atoms with E-state index in [2.05, 4.69) is 21.1 Å². The van der Waals surface area contributed by atoms with Gasteiger partial charge in [0, 0.05) is 36.1 Å². The summed E-state index contributed by atoms with van der Waals surface area (Å²) in [5, 5.41) is 44.8. The van der Waals surface area contributed by atoms with Crippen molar-refractivity contribution in [1.29, 1.82) is 0 Å². The molecule has 0 spiro atoms. The van der Waals surface area contributed by atoms with Crippen LogP contribution >= 0.6 is 0 Å². The van der Waals surface area contributed by atoms with Gasteiger partial charge in [-0.3, -0.25) is 9.59 Å². The second-order valence-electron chi connectivity index (χ2n) is 5.57. The lowest BCUT2D eigenvalue weighted by Gasteiger charge is -2.02. The molecule has 0 saturated carbocycles. The summed E-state index contributed by atoms with van der Waals surface area (Å²) in [5.41, 5.74) is 5.00. The lowest BCUT2D eigenvalue weighted by atomic mass is 10.2. The van der Waals surface area contributed by atoms with Crippen LogP contribution in [-0.4, -0.2) is 44.7 Å². The number of carbonyl (C=O) groups is 2. The molecule has 0 aliphatic rings. The summed E-state index contributed by atoms with van der Waals surface area (Å²) in [7, 11) is 0. The molecular weight excluding hydrogens is 368 g/mol. The van der Waals surface area contributed by atoms with Crippen molar-refractivity contribution >= 4 is 24.2 Å². The Labute approximate surface area is 159 Å². The molecule has 0 atom stereocenters. The van der Waals surface area contributed by atoms with E-state index in [9.17, 15) is 30.0 Å². The monoisotopic (exact) mass is 386 g/mol. The Morgan fingerprint density at radius 3 is 1.50 bits per heavy atom. The van der Waals surface area contributed by atoms with E-state index in [0.29, 0.717) is 11.1 Å². The number of phenols is 4. The van der Waals surface area contributed by atoms with Gasteiger partial charge in [0.1, 0.15) is 23.0 Å². The van der Waals surface area contributed by atoms with Gasteiger partial charge in [0.15, 0.2) is 0 Å². The molecule has 0 aliphatic heterocycles. The molecule has 2 aromatic rings. The summed E-state index contributed by atoms with van der Waals surface area (Å²) in [4.78, 5) is 23.3. The molecule has 28 heavy (non-hydrogen) atoms. The van der Waals surface area contributed by atoms with E-state index >= 15 is 0 Å². The summed E-state index contributed by atoms with van der Waals surface area (Å²) in [6, 6.07) is 7.80. The average molecular weight is 386 g/mol. The quantitative estimate of drug-likeness (QED) is 0.306. The number of carbonyl (C=O) groups excluding carboxylic acids is 2. The minimum absolute atomic E-state index is 0.104. The fourth-order valence-electron chi connectivity index (χ4n) is 1.97. The highest BCUT2D eigenvalue weighted by atomic mass is 16.3. The number of hydrogen-bond donors (Lipinski definition) is 6. The summed E-state index contributed by atoms with van der Waals surface area (Å²) in [6.07, 6.45) is 2.10. The number of aromatic hydroxyl groups is 4. The minimum Gasteiger partial charge on any atom is -0.508 e. The molecule has 0 saturated heterocycles. The van der Waals surface area contributed by atoms with Crippen LogP contribution in [0.15, 0.2) is 46.6 Å². The van der Waals surface area contributed by atoms with E-state index in [0.717, 1.165) is 12.1 Å². The third kappa shape index (κ3) is 6.33. The van der Waals surface area contributed by atoms with Gasteiger partial charge in [-0.25, -0.2) is 10.9 Å². The number of hydrogen-bond acceptors (Lipinski definition) is 8. The number of phenolic OH excluding ortho intramolecular Hbond substituents is 4. The Balaban J connectivity index is 1.73. The molecule has 0 bridgehead atoms. The van der Waals surface area contributed by atoms with Gasteiger partial charge in [-0.1, -0.05) is 0 Å². The van der Waals surface area contributed by atoms with Gasteiger partial charge in [-0.15, -0.1) is 0 Å². The van der Waals surface area contributed by atoms with Crippen molar-refractivity contribution < 1.29 is 30.0 Å². The van der Waals surface area contributed by atoms with Gasteiger partial charge in [0.2, 0.25) is 11.8 Å². The van der Waals surface area contributed by atoms with Crippen molar-refractivity contribution in [3.8, 4) is 23.0 Å². The SMILES string of the molecule is O=C(CCC(=O)NN=Cc1ccc(O)cc1O)NN=Cc1ccc(O)cc1O. The van der Waals surface area contributed by atoms with Crippen LogP contribution in [0, 0.1) is 0 Å². The Hall–Kier alpha value is -4.08. The predicted octanol–water partition coefficient (Wildman–Crippen LogP) is 0.890. The first-order valence-corrected chi connectivity index (χ1v) is 8.03. The average Bonchev–Trinajstić information content (AvgIpc) is 2.63. The van der Waals surface area contributed by atoms with Gasteiger partial charge < -0.3 is 20.4 Å². The van der Waals surface area contributed by atoms with Crippen molar-refractivity contribution in [3.63, 3.8) is 0 Å². The molecule has 0 aliphatic carbocycles. The fraction of sp³-hybridized carbons (Fsp3) is 0.111. The molecule has 6 N–H and O–H groups in total. The maximum atomic E-state index is 11.6. The van der Waals surface area contributed by atoms with Crippen LogP contribution in [0.2, 0.25) is 0 Å². The zero-order chi connectivity index (χ0) is 20.5. The van der Waals surface area contributed by atoms with Crippen LogP contribution in [-0.2, 0) is 9.59 Å². The van der Waals surface area contributed by atoms with Crippen LogP contribution in [0.1, 0.15) is 24.0 Å². The summed E-state index contributed by atoms with van der Waals surface area (Å²) in [6.45, 7) is 0. The standard InChI is InChI=1S/C18H18N4O6/c23-13-3-1-11(15(25)7-13)9-19-21-17(27)5-6-18(28)22-20-10-12-2-4-14(24)8-16(12)26/h1-4,7-10,23-26H,5-6H2,(H,21,27)(H,22,28). The lowest BCUT2D eigenvalue weighted by molar-refractivity contribution is -0.126. The Morgan fingerprint density at radius 2 is 1.14 bits per heavy atom. The molecule has 2 aromatic carbocycles. The molecule has 0 fully saturated rings. The summed E-state index contributed by atoms with van der Waals surface area (Å²) in [5.74, 6) is -1.65. The van der Waals surface area contributed by atoms with Crippen molar-refractivity contribution in [3.05, 3.63) is 47.5 Å². The van der Waals surface area contributed by atoms with E-state index in [4.69, 9.17) is 0 Å². The Bertz CT molecular complexity index is 851. The highest BCUT2D eigenvalue weighted by Gasteiger charge is 2.06. The number of hydrazone groups is 2. The maximum absolute atomic E-state index is 11.6. The van der Waals surface area contributed by atoms with E-state index in [1.807, 2.05) is 0 Å². The first kappa shape index (κ1) is 20.2. The van der Waals surface area contributed by atoms with Gasteiger partial charge in [0.25, 0.3) is 0 Å². The highest BCUT2D eigenvalue weighted by Crippen LogP contribution is 2.21. The predicted molar refractivity (Wildman–Crippen MR) is 100 cm³/mol. The third-order valence-electron chi connectivity index (χ3n) is 3.39. The molecule has 146 valence electrons. The molecule has 0 unspecified atom stereocenters. The van der Waals surface area contributed by atoms with Crippen molar-refractivity contribution in [2.75, 3.05) is 0 Å². The van der Waals surface area contributed by atoms with Gasteiger partial charge in [-0.2, -0.15) is 10.2 Å². The second kappa shape index (κ2) is 9.57. The van der Waals surface area contributed by atoms with Gasteiger partial charge in [-0.05, 0) is 24.3 Å². The largest absolute Gasteiger partial charge is 0.508 e. The first-order chi connectivity index (χ1) is 13.3. The number of amides is 2. The van der Waals surface area contributed by atoms with Crippen LogP contribution in [0.4, 0.5) is 0 Å². The smallest absolute Gasteiger partial charge is 0.240 e. The van der Waals surface area contributed by atoms with Crippen LogP contribution in [0.5, 0.6) is 23.0 Å². The molecule has 0 heterocycles. The molecule has 2 amide bonds. The van der Waals surface area contributed by atoms with Crippen molar-refractivity contribution in [2.24, 2.45) is 10.2 Å². The molecule has 0 aromatic heterocycles. The van der Waals surface area contributed by atoms with Crippen molar-refractivity contribution in [2.45, 2.75) is 12.8 Å². The third-order valence-corrected chi connectivity index (χ3v) is 3.39. The molecule has 0 radical (unpaired) electrons. The normalized spacial score (nSPS) is 11.0. The molecule has 2 rings (SSSR count). The second-order valence-corrected chi connectivity index (χ2v) is 5.57. The Morgan fingerprint density at radius 1 is 0.750 bits per heavy atom. The lowest BCUT2D eigenvalue weighted by Crippen LogP contribution is -2.22. The van der Waals surface area contributed by atoms with E-state index in [1.54, 1.807) is 0 Å². The first-order valence-electron chi connectivity index (χ1n) is 8.03. The van der Waals surface area contributed by atoms with Gasteiger partial charge in [0.05, 0.1) is 12.4 Å². The molecule has 10 heteroatoms. The number of rotatable bonds is 7. The van der Waals surface area contributed by atoms with E-state index in [-0.39, 0.29) is 35.8 Å². The fourth-order valence-corrected chi connectivity index (χ4v) is 1.97. The van der Waals surface area contributed by atoms with Crippen molar-refractivity contribution in [1.82, 2.24) is 10.9 Å². The zero-order valence-corrected chi connectivity index (χ0v) is 14.5. The van der Waals surface area contributed by atoms with E-state index < -0.39 is 11.8 Å². The highest BCUT2D eigenvalue weighted by molar-refractivity contribution is 5.88. The van der Waals surface area contributed by atoms with Gasteiger partial charge >= 0.3 is 0 Å². The topological polar surface area (TPSA) is 164 Å². The number of benzene rings is 2. The molecule has 10 nitrogen and oxygen atoms in total. The number of nitrogens with zero attached hydrogens (tertiary/aromatic N) is 2. The number of nitrogens with one attached hydrogen (secondary N) is 2. The van der Waals surface area contributed by atoms with Crippen LogP contribution in [0.3, 0.4) is 0 Å². The maximum Gasteiger partial charge on any atom is 0.240 e. The Kier molecular flexibility index (Phi) is 6.92. The minimum atomic E-state index is -0.523. The zero-order valence-electron chi connectivity index (χ0n) is 14.5. The van der Waals surface area contributed by atoms with E-state index in [1.165, 1.54) is 36.7 Å². The van der Waals surface area contributed by atoms with Crippen LogP contribution < -0.4 is 10.9 Å². The summed E-state index contributed by atoms with van der Waals surface area (Å²) >= 11 is 0. The molecular formula is C18H18N4O6. The summed E-state index contributed by atoms with van der Waals surface area (Å²) < 4.78 is 0. The van der Waals surface area contributed by atoms with Crippen LogP contribution in [0.25, 0.3) is 0 Å².